The van der Waals surface area contributed by atoms with E-state index in [0.29, 0.717) is 17.7 Å². The zero-order valence-electron chi connectivity index (χ0n) is 18.5. The number of nitro groups is 2. The number of hydrogen-bond acceptors (Lipinski definition) is 9. The summed E-state index contributed by atoms with van der Waals surface area (Å²) in [6, 6.07) is 7.81. The average Bonchev–Trinajstić information content (AvgIpc) is 2.78. The van der Waals surface area contributed by atoms with Gasteiger partial charge < -0.3 is 14.6 Å². The van der Waals surface area contributed by atoms with Crippen LogP contribution in [0.5, 0.6) is 11.5 Å². The molecule has 12 nitrogen and oxygen atoms in total. The fourth-order valence-electron chi connectivity index (χ4n) is 3.52. The number of nitrogens with zero attached hydrogens (tertiary/aromatic N) is 2. The molecule has 2 aliphatic rings. The van der Waals surface area contributed by atoms with Crippen LogP contribution in [0.4, 0.5) is 11.4 Å². The van der Waals surface area contributed by atoms with Crippen LogP contribution in [0.2, 0.25) is 0 Å². The summed E-state index contributed by atoms with van der Waals surface area (Å²) in [6.45, 7) is 1.94. The van der Waals surface area contributed by atoms with Crippen LogP contribution in [0.15, 0.2) is 36.4 Å². The monoisotopic (exact) mass is 506 g/mol. The second-order valence-corrected chi connectivity index (χ2v) is 7.62. The van der Waals surface area contributed by atoms with Gasteiger partial charge in [0.15, 0.2) is 11.6 Å². The number of carbonyl (C=O) groups excluding carboxylic acids is 2. The molecule has 0 saturated carbocycles. The van der Waals surface area contributed by atoms with Crippen molar-refractivity contribution in [3.63, 3.8) is 0 Å². The van der Waals surface area contributed by atoms with Crippen molar-refractivity contribution in [1.82, 2.24) is 0 Å². The van der Waals surface area contributed by atoms with Gasteiger partial charge in [-0.1, -0.05) is 6.92 Å². The SMILES string of the molecule is CCC1CC(=O)c2cc([N+](=O)[O-])ccc2O1.O=C(O)C[C@@H]1CC(=O)c2cc([N+](=O)[O-])ccc2O1.S. The van der Waals surface area contributed by atoms with E-state index in [1.807, 2.05) is 6.92 Å². The van der Waals surface area contributed by atoms with Crippen LogP contribution in [-0.4, -0.2) is 44.7 Å². The zero-order chi connectivity index (χ0) is 25.0. The first-order chi connectivity index (χ1) is 16.1. The lowest BCUT2D eigenvalue weighted by atomic mass is 9.98. The Labute approximate surface area is 205 Å². The Balaban J connectivity index is 0.000000241. The van der Waals surface area contributed by atoms with E-state index in [-0.39, 0.29) is 66.7 Å². The normalized spacial score (nSPS) is 17.7. The maximum Gasteiger partial charge on any atom is 0.307 e. The van der Waals surface area contributed by atoms with E-state index in [9.17, 15) is 34.6 Å². The van der Waals surface area contributed by atoms with Gasteiger partial charge in [-0.25, -0.2) is 0 Å². The number of carboxylic acids is 1. The summed E-state index contributed by atoms with van der Waals surface area (Å²) in [6.07, 6.45) is -0.138. The number of aliphatic carboxylic acids is 1. The molecule has 0 radical (unpaired) electrons. The number of hydrogen-bond donors (Lipinski definition) is 1. The molecule has 13 heteroatoms. The molecule has 0 amide bonds. The number of nitro benzene ring substituents is 2. The van der Waals surface area contributed by atoms with E-state index in [2.05, 4.69) is 0 Å². The van der Waals surface area contributed by atoms with E-state index < -0.39 is 21.9 Å². The van der Waals surface area contributed by atoms with Gasteiger partial charge in [-0.3, -0.25) is 34.6 Å². The van der Waals surface area contributed by atoms with E-state index in [1.54, 1.807) is 0 Å². The molecule has 0 aromatic heterocycles. The number of non-ortho nitro benzene ring substituents is 2. The average molecular weight is 506 g/mol. The lowest BCUT2D eigenvalue weighted by molar-refractivity contribution is -0.385. The Bertz CT molecular complexity index is 1180. The summed E-state index contributed by atoms with van der Waals surface area (Å²) in [4.78, 5) is 54.1. The minimum absolute atomic E-state index is 0. The van der Waals surface area contributed by atoms with Gasteiger partial charge in [-0.05, 0) is 18.6 Å². The van der Waals surface area contributed by atoms with Crippen LogP contribution in [0.3, 0.4) is 0 Å². The molecule has 0 spiro atoms. The lowest BCUT2D eigenvalue weighted by Crippen LogP contribution is -2.29. The van der Waals surface area contributed by atoms with E-state index >= 15 is 0 Å². The molecule has 186 valence electrons. The molecule has 2 heterocycles. The fraction of sp³-hybridized carbons (Fsp3) is 0.318. The van der Waals surface area contributed by atoms with Gasteiger partial charge in [0.05, 0.1) is 27.4 Å². The minimum Gasteiger partial charge on any atom is -0.489 e. The topological polar surface area (TPSA) is 176 Å². The number of carboxylic acid groups (broad SMARTS) is 1. The highest BCUT2D eigenvalue weighted by Gasteiger charge is 2.30. The van der Waals surface area contributed by atoms with Crippen molar-refractivity contribution in [3.05, 3.63) is 67.8 Å². The molecule has 1 unspecified atom stereocenters. The Morgan fingerprint density at radius 1 is 0.914 bits per heavy atom. The fourth-order valence-corrected chi connectivity index (χ4v) is 3.52. The number of carbonyl (C=O) groups is 3. The van der Waals surface area contributed by atoms with Crippen molar-refractivity contribution in [2.24, 2.45) is 0 Å². The van der Waals surface area contributed by atoms with E-state index in [1.165, 1.54) is 30.3 Å². The molecule has 0 fully saturated rings. The largest absolute Gasteiger partial charge is 0.489 e. The molecule has 35 heavy (non-hydrogen) atoms. The second kappa shape index (κ2) is 11.4. The summed E-state index contributed by atoms with van der Waals surface area (Å²) in [7, 11) is 0. The molecular formula is C22H22N2O10S. The first-order valence-corrected chi connectivity index (χ1v) is 10.3. The molecule has 1 N–H and O–H groups in total. The smallest absolute Gasteiger partial charge is 0.307 e. The maximum absolute atomic E-state index is 11.8. The number of ether oxygens (including phenoxy) is 2. The number of Topliss-reactive ketones (excluding diaryl/α,β-unsaturated/α-hetero) is 2. The summed E-state index contributed by atoms with van der Waals surface area (Å²) in [5, 5.41) is 29.8. The van der Waals surface area contributed by atoms with Gasteiger partial charge in [0, 0.05) is 37.1 Å². The molecule has 2 aliphatic heterocycles. The quantitative estimate of drug-likeness (QED) is 0.463. The molecule has 4 rings (SSSR count). The van der Waals surface area contributed by atoms with Crippen molar-refractivity contribution in [1.29, 1.82) is 0 Å². The summed E-state index contributed by atoms with van der Waals surface area (Å²) in [5.41, 5.74) is 0.178. The molecular weight excluding hydrogens is 484 g/mol. The Morgan fingerprint density at radius 2 is 1.34 bits per heavy atom. The first kappa shape index (κ1) is 27.2. The van der Waals surface area contributed by atoms with Gasteiger partial charge in [0.25, 0.3) is 11.4 Å². The molecule has 0 bridgehead atoms. The summed E-state index contributed by atoms with van der Waals surface area (Å²) in [5.74, 6) is -0.835. The number of ketones is 2. The number of fused-ring (bicyclic) bond motifs is 2. The molecule has 0 saturated heterocycles. The van der Waals surface area contributed by atoms with Gasteiger partial charge in [-0.2, -0.15) is 13.5 Å². The molecule has 0 aliphatic carbocycles. The highest BCUT2D eigenvalue weighted by Crippen LogP contribution is 2.32. The van der Waals surface area contributed by atoms with Crippen LogP contribution in [0, 0.1) is 20.2 Å². The van der Waals surface area contributed by atoms with Crippen LogP contribution < -0.4 is 9.47 Å². The summed E-state index contributed by atoms with van der Waals surface area (Å²) < 4.78 is 10.9. The number of benzene rings is 2. The van der Waals surface area contributed by atoms with Gasteiger partial charge in [-0.15, -0.1) is 0 Å². The number of rotatable bonds is 5. The minimum atomic E-state index is -1.06. The lowest BCUT2D eigenvalue weighted by Gasteiger charge is -2.23. The van der Waals surface area contributed by atoms with Gasteiger partial charge in [0.2, 0.25) is 0 Å². The van der Waals surface area contributed by atoms with Crippen molar-refractivity contribution in [3.8, 4) is 11.5 Å². The molecule has 2 aromatic carbocycles. The van der Waals surface area contributed by atoms with Gasteiger partial charge >= 0.3 is 5.97 Å². The van der Waals surface area contributed by atoms with Crippen LogP contribution >= 0.6 is 13.5 Å². The van der Waals surface area contributed by atoms with Crippen molar-refractivity contribution < 1.29 is 38.8 Å². The molecule has 2 atom stereocenters. The highest BCUT2D eigenvalue weighted by atomic mass is 32.1. The Morgan fingerprint density at radius 3 is 1.74 bits per heavy atom. The van der Waals surface area contributed by atoms with Crippen LogP contribution in [-0.2, 0) is 4.79 Å². The van der Waals surface area contributed by atoms with Crippen LogP contribution in [0.25, 0.3) is 0 Å². The third kappa shape index (κ3) is 6.53. The predicted molar refractivity (Wildman–Crippen MR) is 126 cm³/mol. The second-order valence-electron chi connectivity index (χ2n) is 7.62. The van der Waals surface area contributed by atoms with Crippen molar-refractivity contribution >= 4 is 42.4 Å². The first-order valence-electron chi connectivity index (χ1n) is 10.3. The summed E-state index contributed by atoms with van der Waals surface area (Å²) >= 11 is 0. The van der Waals surface area contributed by atoms with E-state index in [0.717, 1.165) is 12.5 Å². The molecule has 2 aromatic rings. The third-order valence-electron chi connectivity index (χ3n) is 5.22. The third-order valence-corrected chi connectivity index (χ3v) is 5.22. The van der Waals surface area contributed by atoms with E-state index in [4.69, 9.17) is 14.6 Å². The van der Waals surface area contributed by atoms with Gasteiger partial charge in [0.1, 0.15) is 23.7 Å². The Hall–Kier alpha value is -4.00. The zero-order valence-corrected chi connectivity index (χ0v) is 19.5. The standard InChI is InChI=1S/C11H9NO6.C11H11NO4.H2S/c13-9-4-7(5-11(14)15)18-10-2-1-6(12(16)17)3-8(9)10;1-2-8-6-10(13)9-5-7(12(14)15)3-4-11(9)16-8;/h1-3,7H,4-5H2,(H,14,15);3-5,8H,2,6H2,1H3;1H2/t7-;;/m0../s1. The van der Waals surface area contributed by atoms with Crippen molar-refractivity contribution in [2.75, 3.05) is 0 Å². The Kier molecular flexibility index (Phi) is 8.89. The highest BCUT2D eigenvalue weighted by molar-refractivity contribution is 7.59. The van der Waals surface area contributed by atoms with Crippen LogP contribution in [0.1, 0.15) is 53.3 Å². The predicted octanol–water partition coefficient (Wildman–Crippen LogP) is 3.85. The van der Waals surface area contributed by atoms with Crippen molar-refractivity contribution in [2.45, 2.75) is 44.8 Å². The maximum atomic E-state index is 11.8.